The van der Waals surface area contributed by atoms with E-state index in [-0.39, 0.29) is 0 Å². The van der Waals surface area contributed by atoms with E-state index in [1.54, 1.807) is 19.3 Å². The Labute approximate surface area is 82.1 Å². The Balaban J connectivity index is 1.83. The second-order valence-electron chi connectivity index (χ2n) is 5.96. The second kappa shape index (κ2) is 2.74. The van der Waals surface area contributed by atoms with Crippen molar-refractivity contribution in [1.82, 2.24) is 0 Å². The van der Waals surface area contributed by atoms with E-state index in [0.29, 0.717) is 0 Å². The minimum Gasteiger partial charge on any atom is -0.0654 e. The Morgan fingerprint density at radius 2 is 1.92 bits per heavy atom. The van der Waals surface area contributed by atoms with E-state index in [2.05, 4.69) is 6.92 Å². The molecule has 0 N–H and O–H groups in total. The van der Waals surface area contributed by atoms with Crippen molar-refractivity contribution in [3.8, 4) is 0 Å². The van der Waals surface area contributed by atoms with E-state index in [9.17, 15) is 0 Å². The van der Waals surface area contributed by atoms with E-state index in [4.69, 9.17) is 0 Å². The van der Waals surface area contributed by atoms with Crippen molar-refractivity contribution >= 4 is 0 Å². The van der Waals surface area contributed by atoms with Crippen LogP contribution >= 0.6 is 0 Å². The Bertz CT molecular complexity index is 169. The summed E-state index contributed by atoms with van der Waals surface area (Å²) in [6, 6.07) is 0. The lowest BCUT2D eigenvalue weighted by atomic mass is 9.49. The summed E-state index contributed by atoms with van der Waals surface area (Å²) >= 11 is 0. The number of rotatable bonds is 2. The van der Waals surface area contributed by atoms with Gasteiger partial charge in [-0.15, -0.1) is 0 Å². The predicted octanol–water partition coefficient (Wildman–Crippen LogP) is 3.96. The van der Waals surface area contributed by atoms with Gasteiger partial charge in [-0.3, -0.25) is 0 Å². The Morgan fingerprint density at radius 1 is 1.23 bits per heavy atom. The molecule has 0 aromatic carbocycles. The Morgan fingerprint density at radius 3 is 2.46 bits per heavy atom. The molecule has 4 rings (SSSR count). The van der Waals surface area contributed by atoms with Gasteiger partial charge in [-0.2, -0.15) is 0 Å². The zero-order valence-corrected chi connectivity index (χ0v) is 8.81. The molecule has 4 fully saturated rings. The third-order valence-electron chi connectivity index (χ3n) is 4.67. The summed E-state index contributed by atoms with van der Waals surface area (Å²) in [5.41, 5.74) is 0.814. The smallest absolute Gasteiger partial charge is 0.0230 e. The van der Waals surface area contributed by atoms with Crippen LogP contribution in [0.4, 0.5) is 0 Å². The summed E-state index contributed by atoms with van der Waals surface area (Å²) in [6.45, 7) is 2.36. The van der Waals surface area contributed by atoms with Gasteiger partial charge in [-0.05, 0) is 68.1 Å². The van der Waals surface area contributed by atoms with E-state index >= 15 is 0 Å². The highest BCUT2D eigenvalue weighted by atomic mass is 14.5. The molecule has 0 amide bonds. The normalized spacial score (nSPS) is 48.7. The average Bonchev–Trinajstić information content (AvgIpc) is 2.00. The van der Waals surface area contributed by atoms with Gasteiger partial charge < -0.3 is 0 Å². The molecule has 13 heavy (non-hydrogen) atoms. The van der Waals surface area contributed by atoms with Crippen molar-refractivity contribution in [1.29, 1.82) is 0 Å². The zero-order chi connectivity index (χ0) is 8.89. The fourth-order valence-corrected chi connectivity index (χ4v) is 4.80. The Hall–Kier alpha value is 0. The minimum absolute atomic E-state index is 0.814. The maximum atomic E-state index is 2.36. The highest BCUT2D eigenvalue weighted by molar-refractivity contribution is 5.13. The molecule has 0 spiro atoms. The third-order valence-corrected chi connectivity index (χ3v) is 4.67. The van der Waals surface area contributed by atoms with E-state index < -0.39 is 0 Å². The molecule has 0 aliphatic heterocycles. The van der Waals surface area contributed by atoms with Crippen molar-refractivity contribution in [3.05, 3.63) is 5.92 Å². The first kappa shape index (κ1) is 8.32. The van der Waals surface area contributed by atoms with Gasteiger partial charge in [0.15, 0.2) is 0 Å². The van der Waals surface area contributed by atoms with Crippen LogP contribution in [0.2, 0.25) is 0 Å². The van der Waals surface area contributed by atoms with Gasteiger partial charge in [0.25, 0.3) is 0 Å². The van der Waals surface area contributed by atoms with E-state index in [0.717, 1.165) is 17.3 Å². The van der Waals surface area contributed by atoms with Crippen LogP contribution < -0.4 is 0 Å². The molecule has 0 heteroatoms. The molecule has 0 nitrogen and oxygen atoms in total. The van der Waals surface area contributed by atoms with Gasteiger partial charge >= 0.3 is 0 Å². The van der Waals surface area contributed by atoms with Crippen LogP contribution in [0.15, 0.2) is 0 Å². The molecule has 1 radical (unpaired) electrons. The standard InChI is InChI=1S/C13H21/c1-2-3-13-7-10-4-11(8-13)6-12(5-10)9-13/h10-11H,2-9H2,1H3. The fourth-order valence-electron chi connectivity index (χ4n) is 4.80. The number of hydrogen-bond acceptors (Lipinski definition) is 0. The first-order chi connectivity index (χ1) is 6.30. The average molecular weight is 177 g/mol. The maximum Gasteiger partial charge on any atom is -0.0230 e. The van der Waals surface area contributed by atoms with Crippen molar-refractivity contribution in [2.45, 2.75) is 58.3 Å². The first-order valence-electron chi connectivity index (χ1n) is 6.13. The number of hydrogen-bond donors (Lipinski definition) is 0. The summed E-state index contributed by atoms with van der Waals surface area (Å²) in [7, 11) is 0. The van der Waals surface area contributed by atoms with Gasteiger partial charge in [0, 0.05) is 0 Å². The first-order valence-corrected chi connectivity index (χ1v) is 6.13. The van der Waals surface area contributed by atoms with Gasteiger partial charge in [-0.25, -0.2) is 0 Å². The van der Waals surface area contributed by atoms with Gasteiger partial charge in [0.1, 0.15) is 0 Å². The molecule has 4 aliphatic carbocycles. The summed E-state index contributed by atoms with van der Waals surface area (Å²) in [5, 5.41) is 0. The van der Waals surface area contributed by atoms with Crippen LogP contribution in [0.25, 0.3) is 0 Å². The van der Waals surface area contributed by atoms with E-state index in [1.165, 1.54) is 32.1 Å². The minimum atomic E-state index is 0.814. The monoisotopic (exact) mass is 177 g/mol. The Kier molecular flexibility index (Phi) is 1.76. The highest BCUT2D eigenvalue weighted by Gasteiger charge is 2.50. The van der Waals surface area contributed by atoms with Crippen LogP contribution in [0.3, 0.4) is 0 Å². The summed E-state index contributed by atoms with van der Waals surface area (Å²) in [5.74, 6) is 4.18. The van der Waals surface area contributed by atoms with Crippen LogP contribution in [0.5, 0.6) is 0 Å². The molecule has 2 unspecified atom stereocenters. The molecule has 0 saturated heterocycles. The highest BCUT2D eigenvalue weighted by Crippen LogP contribution is 2.62. The third kappa shape index (κ3) is 1.25. The lowest BCUT2D eigenvalue weighted by Gasteiger charge is -2.56. The van der Waals surface area contributed by atoms with Gasteiger partial charge in [-0.1, -0.05) is 13.3 Å². The van der Waals surface area contributed by atoms with Crippen molar-refractivity contribution in [2.75, 3.05) is 0 Å². The molecule has 2 atom stereocenters. The summed E-state index contributed by atoms with van der Waals surface area (Å²) in [4.78, 5) is 0. The van der Waals surface area contributed by atoms with Crippen LogP contribution in [-0.2, 0) is 0 Å². The topological polar surface area (TPSA) is 0 Å². The molecule has 0 aromatic heterocycles. The predicted molar refractivity (Wildman–Crippen MR) is 55.3 cm³/mol. The molecule has 0 aromatic rings. The van der Waals surface area contributed by atoms with Crippen LogP contribution in [0.1, 0.15) is 58.3 Å². The molecule has 4 aliphatic rings. The summed E-state index contributed by atoms with van der Waals surface area (Å²) < 4.78 is 0. The molecule has 0 heterocycles. The lowest BCUT2D eigenvalue weighted by Crippen LogP contribution is -2.45. The van der Waals surface area contributed by atoms with Crippen molar-refractivity contribution < 1.29 is 0 Å². The molecular formula is C13H21. The van der Waals surface area contributed by atoms with Gasteiger partial charge in [0.05, 0.1) is 0 Å². The molecule has 4 bridgehead atoms. The summed E-state index contributed by atoms with van der Waals surface area (Å²) in [6.07, 6.45) is 12.2. The SMILES string of the molecule is CCCC12C[C]3CC(CC(C3)C1)C2. The lowest BCUT2D eigenvalue weighted by molar-refractivity contribution is -0.000272. The fraction of sp³-hybridized carbons (Fsp3) is 0.923. The van der Waals surface area contributed by atoms with Crippen molar-refractivity contribution in [2.24, 2.45) is 17.3 Å². The zero-order valence-electron chi connectivity index (χ0n) is 8.81. The van der Waals surface area contributed by atoms with Gasteiger partial charge in [0.2, 0.25) is 0 Å². The largest absolute Gasteiger partial charge is 0.0654 e. The molecule has 4 saturated carbocycles. The van der Waals surface area contributed by atoms with Crippen LogP contribution in [0, 0.1) is 23.2 Å². The second-order valence-corrected chi connectivity index (χ2v) is 5.96. The molecule has 73 valence electrons. The quantitative estimate of drug-likeness (QED) is 0.599. The molecular weight excluding hydrogens is 156 g/mol. The maximum absolute atomic E-state index is 2.36. The van der Waals surface area contributed by atoms with E-state index in [1.807, 2.05) is 5.92 Å². The van der Waals surface area contributed by atoms with Crippen molar-refractivity contribution in [3.63, 3.8) is 0 Å². The van der Waals surface area contributed by atoms with Crippen LogP contribution in [-0.4, -0.2) is 0 Å².